The van der Waals surface area contributed by atoms with Gasteiger partial charge in [0.05, 0.1) is 5.52 Å². The van der Waals surface area contributed by atoms with E-state index in [0.717, 1.165) is 5.52 Å². The van der Waals surface area contributed by atoms with Gasteiger partial charge < -0.3 is 5.73 Å². The lowest BCUT2D eigenvalue weighted by molar-refractivity contribution is 0.664. The molecule has 3 unspecified atom stereocenters. The van der Waals surface area contributed by atoms with Crippen LogP contribution in [0.15, 0.2) is 36.5 Å². The van der Waals surface area contributed by atoms with Gasteiger partial charge in [-0.15, -0.1) is 0 Å². The Morgan fingerprint density at radius 1 is 1.26 bits per heavy atom. The minimum atomic E-state index is 0.109. The van der Waals surface area contributed by atoms with Crippen LogP contribution in [-0.4, -0.2) is 27.0 Å². The fourth-order valence-electron chi connectivity index (χ4n) is 2.54. The average molecular weight is 290 g/mol. The van der Waals surface area contributed by atoms with Crippen molar-refractivity contribution in [3.8, 4) is 0 Å². The second kappa shape index (κ2) is 5.73. The van der Waals surface area contributed by atoms with Crippen molar-refractivity contribution in [1.29, 1.82) is 0 Å². The number of nitrogens with two attached hydrogens (primary N) is 1. The zero-order chi connectivity index (χ0) is 13.2. The summed E-state index contributed by atoms with van der Waals surface area (Å²) >= 11 is 4.06. The zero-order valence-corrected chi connectivity index (χ0v) is 12.6. The number of thioether (sulfide) groups is 2. The summed E-state index contributed by atoms with van der Waals surface area (Å²) in [6, 6.07) is 10.6. The maximum Gasteiger partial charge on any atom is 0.0702 e. The predicted octanol–water partition coefficient (Wildman–Crippen LogP) is 3.47. The van der Waals surface area contributed by atoms with Gasteiger partial charge in [-0.1, -0.05) is 19.1 Å². The maximum absolute atomic E-state index is 6.50. The Kier molecular flexibility index (Phi) is 4.01. The molecule has 3 rings (SSSR count). The van der Waals surface area contributed by atoms with Gasteiger partial charge in [-0.2, -0.15) is 23.5 Å². The van der Waals surface area contributed by atoms with Crippen LogP contribution in [0.2, 0.25) is 0 Å². The Bertz CT molecular complexity index is 573. The lowest BCUT2D eigenvalue weighted by Gasteiger charge is -2.32. The van der Waals surface area contributed by atoms with E-state index < -0.39 is 0 Å². The SMILES string of the molecule is CC1SCCSC1C(N)c1ccc2ncccc2c1. The van der Waals surface area contributed by atoms with Gasteiger partial charge in [0.15, 0.2) is 0 Å². The summed E-state index contributed by atoms with van der Waals surface area (Å²) in [6.07, 6.45) is 1.83. The van der Waals surface area contributed by atoms with E-state index in [-0.39, 0.29) is 6.04 Å². The van der Waals surface area contributed by atoms with E-state index in [9.17, 15) is 0 Å². The molecule has 2 aromatic rings. The molecule has 0 bridgehead atoms. The van der Waals surface area contributed by atoms with Gasteiger partial charge in [0.1, 0.15) is 0 Å². The monoisotopic (exact) mass is 290 g/mol. The molecule has 1 aliphatic rings. The molecular weight excluding hydrogens is 272 g/mol. The van der Waals surface area contributed by atoms with Gasteiger partial charge in [-0.3, -0.25) is 4.98 Å². The van der Waals surface area contributed by atoms with Gasteiger partial charge in [0.25, 0.3) is 0 Å². The van der Waals surface area contributed by atoms with E-state index in [2.05, 4.69) is 36.2 Å². The first-order chi connectivity index (χ1) is 9.25. The van der Waals surface area contributed by atoms with Gasteiger partial charge in [-0.05, 0) is 23.8 Å². The van der Waals surface area contributed by atoms with Crippen LogP contribution in [-0.2, 0) is 0 Å². The standard InChI is InChI=1S/C15H18N2S2/c1-10-15(19-8-7-18-10)14(16)12-4-5-13-11(9-12)3-2-6-17-13/h2-6,9-10,14-15H,7-8,16H2,1H3. The highest BCUT2D eigenvalue weighted by Gasteiger charge is 2.29. The fraction of sp³-hybridized carbons (Fsp3) is 0.400. The van der Waals surface area contributed by atoms with Gasteiger partial charge in [-0.25, -0.2) is 0 Å². The van der Waals surface area contributed by atoms with Crippen LogP contribution in [0.3, 0.4) is 0 Å². The number of aromatic nitrogens is 1. The van der Waals surface area contributed by atoms with Crippen LogP contribution in [0.4, 0.5) is 0 Å². The smallest absolute Gasteiger partial charge is 0.0702 e. The summed E-state index contributed by atoms with van der Waals surface area (Å²) in [5, 5.41) is 2.31. The van der Waals surface area contributed by atoms with Crippen LogP contribution in [0.25, 0.3) is 10.9 Å². The van der Waals surface area contributed by atoms with E-state index in [1.54, 1.807) is 0 Å². The summed E-state index contributed by atoms with van der Waals surface area (Å²) < 4.78 is 0. The largest absolute Gasteiger partial charge is 0.323 e. The summed E-state index contributed by atoms with van der Waals surface area (Å²) in [5.74, 6) is 2.46. The summed E-state index contributed by atoms with van der Waals surface area (Å²) in [4.78, 5) is 4.36. The summed E-state index contributed by atoms with van der Waals surface area (Å²) in [5.41, 5.74) is 8.76. The Morgan fingerprint density at radius 2 is 2.11 bits per heavy atom. The van der Waals surface area contributed by atoms with Crippen molar-refractivity contribution in [2.24, 2.45) is 5.73 Å². The van der Waals surface area contributed by atoms with E-state index >= 15 is 0 Å². The van der Waals surface area contributed by atoms with E-state index in [4.69, 9.17) is 5.73 Å². The lowest BCUT2D eigenvalue weighted by atomic mass is 10.0. The van der Waals surface area contributed by atoms with Crippen LogP contribution in [0, 0.1) is 0 Å². The first-order valence-corrected chi connectivity index (χ1v) is 8.69. The molecule has 1 fully saturated rings. The average Bonchev–Trinajstić information content (AvgIpc) is 2.46. The van der Waals surface area contributed by atoms with Crippen molar-refractivity contribution < 1.29 is 0 Å². The zero-order valence-electron chi connectivity index (χ0n) is 11.0. The number of hydrogen-bond acceptors (Lipinski definition) is 4. The number of fused-ring (bicyclic) bond motifs is 1. The molecule has 2 N–H and O–H groups in total. The topological polar surface area (TPSA) is 38.9 Å². The normalized spacial score (nSPS) is 25.4. The number of benzene rings is 1. The molecule has 19 heavy (non-hydrogen) atoms. The third kappa shape index (κ3) is 2.76. The van der Waals surface area contributed by atoms with Crippen molar-refractivity contribution in [1.82, 2.24) is 4.98 Å². The summed E-state index contributed by atoms with van der Waals surface area (Å²) in [6.45, 7) is 2.30. The number of rotatable bonds is 2. The molecule has 3 atom stereocenters. The Labute approximate surface area is 122 Å². The molecule has 1 saturated heterocycles. The minimum Gasteiger partial charge on any atom is -0.323 e. The van der Waals surface area contributed by atoms with E-state index in [0.29, 0.717) is 10.5 Å². The molecule has 2 nitrogen and oxygen atoms in total. The van der Waals surface area contributed by atoms with Crippen molar-refractivity contribution >= 4 is 34.4 Å². The molecule has 0 aliphatic carbocycles. The second-order valence-corrected chi connectivity index (χ2v) is 7.66. The highest BCUT2D eigenvalue weighted by molar-refractivity contribution is 8.07. The number of hydrogen-bond donors (Lipinski definition) is 1. The first kappa shape index (κ1) is 13.3. The second-order valence-electron chi connectivity index (χ2n) is 4.89. The fourth-order valence-corrected chi connectivity index (χ4v) is 5.41. The quantitative estimate of drug-likeness (QED) is 0.919. The van der Waals surface area contributed by atoms with Crippen molar-refractivity contribution in [2.45, 2.75) is 23.5 Å². The van der Waals surface area contributed by atoms with Crippen LogP contribution in [0.1, 0.15) is 18.5 Å². The molecule has 4 heteroatoms. The van der Waals surface area contributed by atoms with E-state index in [1.807, 2.05) is 35.8 Å². The molecule has 1 aliphatic heterocycles. The third-order valence-electron chi connectivity index (χ3n) is 3.60. The molecule has 1 aromatic carbocycles. The summed E-state index contributed by atoms with van der Waals surface area (Å²) in [7, 11) is 0. The van der Waals surface area contributed by atoms with E-state index in [1.165, 1.54) is 22.5 Å². The third-order valence-corrected chi connectivity index (χ3v) is 6.82. The molecule has 1 aromatic heterocycles. The Balaban J connectivity index is 1.90. The van der Waals surface area contributed by atoms with Crippen molar-refractivity contribution in [3.63, 3.8) is 0 Å². The molecule has 0 saturated carbocycles. The maximum atomic E-state index is 6.50. The highest BCUT2D eigenvalue weighted by Crippen LogP contribution is 2.37. The Hall–Kier alpha value is -0.710. The van der Waals surface area contributed by atoms with Crippen LogP contribution < -0.4 is 5.73 Å². The molecule has 100 valence electrons. The number of pyridine rings is 1. The van der Waals surface area contributed by atoms with Gasteiger partial charge >= 0.3 is 0 Å². The first-order valence-electron chi connectivity index (χ1n) is 6.59. The molecular formula is C15H18N2S2. The molecule has 0 radical (unpaired) electrons. The molecule has 2 heterocycles. The number of nitrogens with zero attached hydrogens (tertiary/aromatic N) is 1. The van der Waals surface area contributed by atoms with Gasteiger partial charge in [0, 0.05) is 39.6 Å². The van der Waals surface area contributed by atoms with Crippen LogP contribution in [0.5, 0.6) is 0 Å². The molecule has 0 amide bonds. The minimum absolute atomic E-state index is 0.109. The predicted molar refractivity (Wildman–Crippen MR) is 86.8 cm³/mol. The molecule has 0 spiro atoms. The lowest BCUT2D eigenvalue weighted by Crippen LogP contribution is -2.34. The van der Waals surface area contributed by atoms with Crippen molar-refractivity contribution in [3.05, 3.63) is 42.1 Å². The van der Waals surface area contributed by atoms with Crippen molar-refractivity contribution in [2.75, 3.05) is 11.5 Å². The van der Waals surface area contributed by atoms with Gasteiger partial charge in [0.2, 0.25) is 0 Å². The van der Waals surface area contributed by atoms with Crippen LogP contribution >= 0.6 is 23.5 Å². The Morgan fingerprint density at radius 3 is 2.95 bits per heavy atom. The highest BCUT2D eigenvalue weighted by atomic mass is 32.2.